The van der Waals surface area contributed by atoms with Gasteiger partial charge in [0.1, 0.15) is 0 Å². The topological polar surface area (TPSA) is 60.7 Å². The first-order valence-corrected chi connectivity index (χ1v) is 7.05. The molecule has 0 spiro atoms. The number of aliphatic hydroxyl groups is 3. The molecule has 2 aliphatic rings. The Morgan fingerprint density at radius 2 is 1.89 bits per heavy atom. The third-order valence-corrected chi connectivity index (χ3v) is 5.09. The van der Waals surface area contributed by atoms with Gasteiger partial charge < -0.3 is 15.3 Å². The van der Waals surface area contributed by atoms with Crippen molar-refractivity contribution < 1.29 is 15.3 Å². The lowest BCUT2D eigenvalue weighted by Gasteiger charge is -2.25. The number of aliphatic hydroxyl groups excluding tert-OH is 3. The Bertz CT molecular complexity index is 346. The largest absolute Gasteiger partial charge is 0.396 e. The lowest BCUT2D eigenvalue weighted by molar-refractivity contribution is 0.100. The van der Waals surface area contributed by atoms with E-state index >= 15 is 0 Å². The van der Waals surface area contributed by atoms with Gasteiger partial charge in [0, 0.05) is 12.5 Å². The van der Waals surface area contributed by atoms with E-state index in [4.69, 9.17) is 0 Å². The molecule has 4 atom stereocenters. The molecule has 0 aromatic rings. The Morgan fingerprint density at radius 1 is 1.22 bits per heavy atom. The first-order chi connectivity index (χ1) is 8.42. The van der Waals surface area contributed by atoms with E-state index in [1.54, 1.807) is 0 Å². The third-order valence-electron chi connectivity index (χ3n) is 5.09. The predicted octanol–water partition coefficient (Wildman–Crippen LogP) is 1.72. The monoisotopic (exact) mass is 254 g/mol. The van der Waals surface area contributed by atoms with Crippen molar-refractivity contribution in [3.8, 4) is 0 Å². The van der Waals surface area contributed by atoms with Gasteiger partial charge in [-0.1, -0.05) is 20.8 Å². The van der Waals surface area contributed by atoms with Crippen LogP contribution in [0.3, 0.4) is 0 Å². The van der Waals surface area contributed by atoms with Gasteiger partial charge >= 0.3 is 0 Å². The maximum Gasteiger partial charge on any atom is 0.0807 e. The second kappa shape index (κ2) is 4.95. The van der Waals surface area contributed by atoms with Crippen LogP contribution in [-0.2, 0) is 0 Å². The van der Waals surface area contributed by atoms with Gasteiger partial charge in [-0.15, -0.1) is 0 Å². The summed E-state index contributed by atoms with van der Waals surface area (Å²) in [6.45, 7) is 6.46. The Hall–Kier alpha value is -0.380. The molecule has 104 valence electrons. The molecule has 0 aliphatic heterocycles. The van der Waals surface area contributed by atoms with Crippen LogP contribution in [0.2, 0.25) is 0 Å². The third kappa shape index (κ3) is 2.13. The minimum atomic E-state index is -0.473. The molecule has 0 saturated heterocycles. The highest BCUT2D eigenvalue weighted by atomic mass is 16.3. The van der Waals surface area contributed by atoms with Crippen molar-refractivity contribution in [1.29, 1.82) is 0 Å². The van der Waals surface area contributed by atoms with Crippen molar-refractivity contribution >= 4 is 0 Å². The number of rotatable bonds is 2. The zero-order chi connectivity index (χ0) is 13.5. The summed E-state index contributed by atoms with van der Waals surface area (Å²) in [5.41, 5.74) is 1.82. The SMILES string of the molecule is C[C@H]1CC[C@H](CO)C(CO)=C2[C@H]1CC(C)(C)[C@@H]2O. The zero-order valence-corrected chi connectivity index (χ0v) is 11.7. The highest BCUT2D eigenvalue weighted by Crippen LogP contribution is 2.52. The molecule has 0 amide bonds. The van der Waals surface area contributed by atoms with Crippen LogP contribution < -0.4 is 0 Å². The molecule has 2 aliphatic carbocycles. The first-order valence-electron chi connectivity index (χ1n) is 7.05. The van der Waals surface area contributed by atoms with Gasteiger partial charge in [0.25, 0.3) is 0 Å². The standard InChI is InChI=1S/C15H26O3/c1-9-4-5-10(7-16)12(8-17)13-11(9)6-15(2,3)14(13)18/h9-11,14,16-18H,4-8H2,1-3H3/t9-,10+,11-,14+/m0/s1. The predicted molar refractivity (Wildman–Crippen MR) is 71.0 cm³/mol. The van der Waals surface area contributed by atoms with Crippen LogP contribution in [0.1, 0.15) is 40.0 Å². The quantitative estimate of drug-likeness (QED) is 0.658. The molecular formula is C15H26O3. The molecule has 2 rings (SSSR count). The minimum absolute atomic E-state index is 0.0287. The van der Waals surface area contributed by atoms with E-state index in [1.807, 2.05) is 0 Å². The Labute approximate surface area is 110 Å². The second-order valence-electron chi connectivity index (χ2n) is 6.77. The number of hydrogen-bond acceptors (Lipinski definition) is 3. The van der Waals surface area contributed by atoms with E-state index in [2.05, 4.69) is 20.8 Å². The van der Waals surface area contributed by atoms with E-state index in [0.29, 0.717) is 11.8 Å². The molecule has 1 saturated carbocycles. The summed E-state index contributed by atoms with van der Waals surface area (Å²) in [4.78, 5) is 0. The highest BCUT2D eigenvalue weighted by molar-refractivity contribution is 5.32. The van der Waals surface area contributed by atoms with E-state index in [-0.39, 0.29) is 24.5 Å². The van der Waals surface area contributed by atoms with Crippen LogP contribution in [0.25, 0.3) is 0 Å². The van der Waals surface area contributed by atoms with E-state index in [9.17, 15) is 15.3 Å². The van der Waals surface area contributed by atoms with Crippen molar-refractivity contribution in [3.05, 3.63) is 11.1 Å². The average molecular weight is 254 g/mol. The lowest BCUT2D eigenvalue weighted by atomic mass is 9.84. The van der Waals surface area contributed by atoms with Gasteiger partial charge in [-0.05, 0) is 47.7 Å². The molecule has 3 nitrogen and oxygen atoms in total. The van der Waals surface area contributed by atoms with Crippen molar-refractivity contribution in [2.75, 3.05) is 13.2 Å². The average Bonchev–Trinajstić information content (AvgIpc) is 2.49. The van der Waals surface area contributed by atoms with Crippen LogP contribution in [0, 0.1) is 23.2 Å². The van der Waals surface area contributed by atoms with Crippen LogP contribution in [-0.4, -0.2) is 34.6 Å². The van der Waals surface area contributed by atoms with Gasteiger partial charge in [-0.3, -0.25) is 0 Å². The van der Waals surface area contributed by atoms with Crippen LogP contribution in [0.5, 0.6) is 0 Å². The molecule has 0 radical (unpaired) electrons. The molecule has 0 heterocycles. The molecular weight excluding hydrogens is 228 g/mol. The number of fused-ring (bicyclic) bond motifs is 1. The maximum atomic E-state index is 10.6. The van der Waals surface area contributed by atoms with E-state index in [1.165, 1.54) is 0 Å². The number of hydrogen-bond donors (Lipinski definition) is 3. The van der Waals surface area contributed by atoms with Crippen LogP contribution in [0.4, 0.5) is 0 Å². The summed E-state index contributed by atoms with van der Waals surface area (Å²) in [7, 11) is 0. The van der Waals surface area contributed by atoms with Gasteiger partial charge in [0.05, 0.1) is 12.7 Å². The fourth-order valence-electron chi connectivity index (χ4n) is 3.83. The highest BCUT2D eigenvalue weighted by Gasteiger charge is 2.48. The first kappa shape index (κ1) is 14.0. The minimum Gasteiger partial charge on any atom is -0.396 e. The normalized spacial score (nSPS) is 39.7. The smallest absolute Gasteiger partial charge is 0.0807 e. The van der Waals surface area contributed by atoms with Gasteiger partial charge in [-0.2, -0.15) is 0 Å². The molecule has 0 unspecified atom stereocenters. The summed E-state index contributed by atoms with van der Waals surface area (Å²) in [5.74, 6) is 0.921. The fourth-order valence-corrected chi connectivity index (χ4v) is 3.83. The van der Waals surface area contributed by atoms with Gasteiger partial charge in [0.15, 0.2) is 0 Å². The van der Waals surface area contributed by atoms with Crippen molar-refractivity contribution in [2.24, 2.45) is 23.2 Å². The zero-order valence-electron chi connectivity index (χ0n) is 11.7. The van der Waals surface area contributed by atoms with Crippen LogP contribution in [0.15, 0.2) is 11.1 Å². The van der Waals surface area contributed by atoms with Gasteiger partial charge in [0.2, 0.25) is 0 Å². The molecule has 3 N–H and O–H groups in total. The summed E-state index contributed by atoms with van der Waals surface area (Å²) >= 11 is 0. The van der Waals surface area contributed by atoms with E-state index < -0.39 is 6.10 Å². The summed E-state index contributed by atoms with van der Waals surface area (Å²) in [5, 5.41) is 29.7. The lowest BCUT2D eigenvalue weighted by Crippen LogP contribution is -2.26. The summed E-state index contributed by atoms with van der Waals surface area (Å²) < 4.78 is 0. The van der Waals surface area contributed by atoms with Crippen LogP contribution >= 0.6 is 0 Å². The Balaban J connectivity index is 2.48. The Kier molecular flexibility index (Phi) is 3.86. The molecule has 0 aromatic carbocycles. The molecule has 3 heteroatoms. The van der Waals surface area contributed by atoms with E-state index in [0.717, 1.165) is 30.4 Å². The maximum absolute atomic E-state index is 10.6. The van der Waals surface area contributed by atoms with Crippen molar-refractivity contribution in [2.45, 2.75) is 46.1 Å². The fraction of sp³-hybridized carbons (Fsp3) is 0.867. The summed E-state index contributed by atoms with van der Waals surface area (Å²) in [6.07, 6.45) is 2.48. The van der Waals surface area contributed by atoms with Crippen molar-refractivity contribution in [1.82, 2.24) is 0 Å². The Morgan fingerprint density at radius 3 is 2.44 bits per heavy atom. The second-order valence-corrected chi connectivity index (χ2v) is 6.77. The van der Waals surface area contributed by atoms with Gasteiger partial charge in [-0.25, -0.2) is 0 Å². The molecule has 18 heavy (non-hydrogen) atoms. The van der Waals surface area contributed by atoms with Crippen molar-refractivity contribution in [3.63, 3.8) is 0 Å². The molecule has 1 fully saturated rings. The molecule has 0 aromatic heterocycles. The summed E-state index contributed by atoms with van der Waals surface area (Å²) in [6, 6.07) is 0. The molecule has 0 bridgehead atoms.